The van der Waals surface area contributed by atoms with Crippen molar-refractivity contribution in [3.8, 4) is 0 Å². The zero-order valence-electron chi connectivity index (χ0n) is 20.9. The molecule has 1 heterocycles. The van der Waals surface area contributed by atoms with Crippen LogP contribution in [0.1, 0.15) is 45.2 Å². The molecule has 8 heteroatoms. The van der Waals surface area contributed by atoms with Gasteiger partial charge in [0.25, 0.3) is 0 Å². The van der Waals surface area contributed by atoms with E-state index < -0.39 is 22.2 Å². The minimum atomic E-state index is -1.51. The highest BCUT2D eigenvalue weighted by Crippen LogP contribution is 2.72. The number of carbonyl (C=O) groups excluding carboxylic acids is 1. The summed E-state index contributed by atoms with van der Waals surface area (Å²) in [5.41, 5.74) is -2.59. The van der Waals surface area contributed by atoms with Crippen LogP contribution in [0.25, 0.3) is 0 Å². The van der Waals surface area contributed by atoms with Gasteiger partial charge in [-0.3, -0.25) is 9.36 Å². The third-order valence-electron chi connectivity index (χ3n) is 7.54. The number of amides is 1. The Kier molecular flexibility index (Phi) is 6.33. The number of hydrogen-bond donors (Lipinski definition) is 2. The summed E-state index contributed by atoms with van der Waals surface area (Å²) < 4.78 is 7.33. The molecule has 2 aromatic carbocycles. The standard InChI is InChI=1S/C27H33N3O4Si/c1-19(31)28-22-15-16-30(23(32)29-22)25(18-34-35)17-26(24(2,3)4,20-11-7-5-8-12-20)27(25,33)21-13-9-6-10-14-21/h5-16,33H,17-18H2,1-4,35H3,(H,28,29,31,32)/t25-,26-,27-/m1/s1. The lowest BCUT2D eigenvalue weighted by Gasteiger charge is -2.72. The number of nitrogens with zero attached hydrogens (tertiary/aromatic N) is 2. The monoisotopic (exact) mass is 491 g/mol. The van der Waals surface area contributed by atoms with Crippen molar-refractivity contribution < 1.29 is 14.3 Å². The van der Waals surface area contributed by atoms with E-state index in [9.17, 15) is 14.7 Å². The van der Waals surface area contributed by atoms with Crippen LogP contribution in [0.3, 0.4) is 0 Å². The molecule has 0 saturated heterocycles. The summed E-state index contributed by atoms with van der Waals surface area (Å²) in [5.74, 6) is -0.138. The molecule has 1 aliphatic carbocycles. The molecule has 1 aromatic heterocycles. The van der Waals surface area contributed by atoms with Gasteiger partial charge in [0.15, 0.2) is 0 Å². The molecule has 0 radical (unpaired) electrons. The summed E-state index contributed by atoms with van der Waals surface area (Å²) >= 11 is 0. The molecular formula is C27H33N3O4Si. The van der Waals surface area contributed by atoms with Crippen molar-refractivity contribution in [2.75, 3.05) is 11.9 Å². The summed E-state index contributed by atoms with van der Waals surface area (Å²) in [6.07, 6.45) is 2.06. The minimum Gasteiger partial charge on any atom is -0.425 e. The Hall–Kier alpha value is -3.07. The average Bonchev–Trinajstić information content (AvgIpc) is 2.81. The van der Waals surface area contributed by atoms with Crippen LogP contribution in [0.4, 0.5) is 5.82 Å². The van der Waals surface area contributed by atoms with Gasteiger partial charge in [-0.25, -0.2) is 4.79 Å². The smallest absolute Gasteiger partial charge is 0.350 e. The molecule has 0 bridgehead atoms. The maximum absolute atomic E-state index is 13.4. The molecule has 1 saturated carbocycles. The Bertz CT molecular complexity index is 1270. The van der Waals surface area contributed by atoms with Gasteiger partial charge in [0.1, 0.15) is 27.4 Å². The van der Waals surface area contributed by atoms with Crippen LogP contribution in [0, 0.1) is 5.41 Å². The van der Waals surface area contributed by atoms with Gasteiger partial charge >= 0.3 is 5.69 Å². The second kappa shape index (κ2) is 8.86. The van der Waals surface area contributed by atoms with Crippen molar-refractivity contribution in [1.29, 1.82) is 0 Å². The number of nitrogens with one attached hydrogen (secondary N) is 1. The van der Waals surface area contributed by atoms with Crippen LogP contribution in [-0.2, 0) is 25.8 Å². The van der Waals surface area contributed by atoms with Gasteiger partial charge in [-0.2, -0.15) is 4.98 Å². The third kappa shape index (κ3) is 3.59. The van der Waals surface area contributed by atoms with Crippen LogP contribution in [0.2, 0.25) is 0 Å². The molecule has 4 rings (SSSR count). The summed E-state index contributed by atoms with van der Waals surface area (Å²) in [6.45, 7) is 7.89. The number of benzene rings is 2. The fraction of sp³-hybridized carbons (Fsp3) is 0.370. The highest BCUT2D eigenvalue weighted by molar-refractivity contribution is 5.98. The second-order valence-electron chi connectivity index (χ2n) is 10.4. The first-order valence-corrected chi connectivity index (χ1v) is 12.6. The fourth-order valence-corrected chi connectivity index (χ4v) is 6.63. The van der Waals surface area contributed by atoms with Gasteiger partial charge in [0.05, 0.1) is 6.61 Å². The summed E-state index contributed by atoms with van der Waals surface area (Å²) in [6, 6.07) is 21.1. The van der Waals surface area contributed by atoms with E-state index in [0.717, 1.165) is 5.56 Å². The average molecular weight is 492 g/mol. The lowest BCUT2D eigenvalue weighted by Crippen LogP contribution is -2.81. The van der Waals surface area contributed by atoms with E-state index >= 15 is 0 Å². The summed E-state index contributed by atoms with van der Waals surface area (Å²) in [4.78, 5) is 29.0. The first-order valence-electron chi connectivity index (χ1n) is 11.7. The largest absolute Gasteiger partial charge is 0.425 e. The zero-order chi connectivity index (χ0) is 25.5. The van der Waals surface area contributed by atoms with Crippen molar-refractivity contribution in [2.45, 2.75) is 50.7 Å². The first-order chi connectivity index (χ1) is 16.5. The van der Waals surface area contributed by atoms with Crippen LogP contribution >= 0.6 is 0 Å². The topological polar surface area (TPSA) is 93.5 Å². The molecule has 184 valence electrons. The molecule has 35 heavy (non-hydrogen) atoms. The number of aromatic nitrogens is 2. The molecule has 3 atom stereocenters. The van der Waals surface area contributed by atoms with Gasteiger partial charge in [-0.1, -0.05) is 81.4 Å². The normalized spacial score (nSPS) is 26.2. The van der Waals surface area contributed by atoms with Gasteiger partial charge < -0.3 is 14.8 Å². The molecule has 1 aliphatic rings. The first kappa shape index (κ1) is 25.0. The molecule has 0 spiro atoms. The second-order valence-corrected chi connectivity index (χ2v) is 11.0. The minimum absolute atomic E-state index is 0.149. The fourth-order valence-electron chi connectivity index (χ4n) is 6.16. The maximum atomic E-state index is 13.4. The summed E-state index contributed by atoms with van der Waals surface area (Å²) in [5, 5.41) is 15.7. The van der Waals surface area contributed by atoms with E-state index in [1.807, 2.05) is 60.7 Å². The molecule has 2 N–H and O–H groups in total. The zero-order valence-corrected chi connectivity index (χ0v) is 22.9. The molecule has 0 aliphatic heterocycles. The van der Waals surface area contributed by atoms with Crippen LogP contribution in [0.15, 0.2) is 77.7 Å². The van der Waals surface area contributed by atoms with Gasteiger partial charge in [-0.15, -0.1) is 0 Å². The third-order valence-corrected chi connectivity index (χ3v) is 7.83. The molecule has 7 nitrogen and oxygen atoms in total. The van der Waals surface area contributed by atoms with Gasteiger partial charge in [0.2, 0.25) is 5.91 Å². The van der Waals surface area contributed by atoms with Crippen LogP contribution in [-0.4, -0.2) is 37.7 Å². The van der Waals surface area contributed by atoms with E-state index in [2.05, 4.69) is 31.1 Å². The number of rotatable bonds is 6. The molecule has 3 aromatic rings. The highest BCUT2D eigenvalue weighted by atomic mass is 28.2. The van der Waals surface area contributed by atoms with Crippen molar-refractivity contribution >= 4 is 22.2 Å². The maximum Gasteiger partial charge on any atom is 0.350 e. The Morgan fingerprint density at radius 1 is 1.09 bits per heavy atom. The predicted molar refractivity (Wildman–Crippen MR) is 139 cm³/mol. The predicted octanol–water partition coefficient (Wildman–Crippen LogP) is 2.47. The number of anilines is 1. The number of hydrogen-bond acceptors (Lipinski definition) is 5. The SMILES string of the molecule is CC(=O)Nc1ccn([C@@]2(CO[SiH3])C[C@@](c3ccccc3)(C(C)(C)C)[C@@]2(O)c2ccccc2)c(=O)n1. The van der Waals surface area contributed by atoms with Crippen molar-refractivity contribution in [3.63, 3.8) is 0 Å². The van der Waals surface area contributed by atoms with Crippen LogP contribution in [0.5, 0.6) is 0 Å². The van der Waals surface area contributed by atoms with Gasteiger partial charge in [-0.05, 0) is 29.0 Å². The van der Waals surface area contributed by atoms with E-state index in [-0.39, 0.29) is 23.7 Å². The number of aliphatic hydroxyl groups is 1. The molecule has 0 unspecified atom stereocenters. The lowest BCUT2D eigenvalue weighted by molar-refractivity contribution is -0.276. The molecule has 1 fully saturated rings. The van der Waals surface area contributed by atoms with E-state index in [4.69, 9.17) is 4.43 Å². The molecular weight excluding hydrogens is 458 g/mol. The van der Waals surface area contributed by atoms with E-state index in [0.29, 0.717) is 22.5 Å². The Morgan fingerprint density at radius 2 is 1.66 bits per heavy atom. The van der Waals surface area contributed by atoms with E-state index in [1.54, 1.807) is 12.3 Å². The van der Waals surface area contributed by atoms with Crippen molar-refractivity contribution in [3.05, 3.63) is 94.5 Å². The molecule has 1 amide bonds. The van der Waals surface area contributed by atoms with Crippen molar-refractivity contribution in [1.82, 2.24) is 9.55 Å². The highest BCUT2D eigenvalue weighted by Gasteiger charge is 2.78. The Labute approximate surface area is 208 Å². The lowest BCUT2D eigenvalue weighted by atomic mass is 9.35. The van der Waals surface area contributed by atoms with Crippen LogP contribution < -0.4 is 11.0 Å². The Balaban J connectivity index is 2.04. The quantitative estimate of drug-likeness (QED) is 0.517. The van der Waals surface area contributed by atoms with Gasteiger partial charge in [0, 0.05) is 18.5 Å². The summed E-state index contributed by atoms with van der Waals surface area (Å²) in [7, 11) is 0.435. The Morgan fingerprint density at radius 3 is 2.14 bits per heavy atom. The van der Waals surface area contributed by atoms with E-state index in [1.165, 1.54) is 11.5 Å². The van der Waals surface area contributed by atoms with Crippen molar-refractivity contribution in [2.24, 2.45) is 5.41 Å². The number of carbonyl (C=O) groups is 1.